The number of rotatable bonds is 5. The summed E-state index contributed by atoms with van der Waals surface area (Å²) in [5.74, 6) is 0.824. The van der Waals surface area contributed by atoms with Gasteiger partial charge in [0.05, 0.1) is 12.2 Å². The minimum absolute atomic E-state index is 0.408. The van der Waals surface area contributed by atoms with E-state index in [-0.39, 0.29) is 0 Å². The van der Waals surface area contributed by atoms with E-state index in [1.54, 1.807) is 16.4 Å². The van der Waals surface area contributed by atoms with Gasteiger partial charge < -0.3 is 5.32 Å². The number of aromatic nitrogens is 4. The van der Waals surface area contributed by atoms with E-state index in [0.29, 0.717) is 12.6 Å². The van der Waals surface area contributed by atoms with Gasteiger partial charge in [0.15, 0.2) is 5.82 Å². The number of hydrogen-bond acceptors (Lipinski definition) is 5. The summed E-state index contributed by atoms with van der Waals surface area (Å²) in [5.41, 5.74) is 1.02. The SMILES string of the molecule is CSc1ccccc1-n1nnnc1CNC(C)C. The molecule has 0 bridgehead atoms. The fraction of sp³-hybridized carbons (Fsp3) is 0.417. The number of benzene rings is 1. The van der Waals surface area contributed by atoms with E-state index in [4.69, 9.17) is 0 Å². The summed E-state index contributed by atoms with van der Waals surface area (Å²) in [4.78, 5) is 1.16. The van der Waals surface area contributed by atoms with E-state index in [2.05, 4.69) is 47.0 Å². The molecule has 0 amide bonds. The molecule has 0 aliphatic rings. The maximum atomic E-state index is 4.08. The summed E-state index contributed by atoms with van der Waals surface area (Å²) in [7, 11) is 0. The molecule has 96 valence electrons. The smallest absolute Gasteiger partial charge is 0.170 e. The van der Waals surface area contributed by atoms with E-state index in [1.165, 1.54) is 0 Å². The van der Waals surface area contributed by atoms with Gasteiger partial charge in [-0.05, 0) is 28.8 Å². The van der Waals surface area contributed by atoms with E-state index in [9.17, 15) is 0 Å². The first kappa shape index (κ1) is 13.0. The lowest BCUT2D eigenvalue weighted by atomic mass is 10.3. The zero-order valence-electron chi connectivity index (χ0n) is 10.8. The van der Waals surface area contributed by atoms with Crippen LogP contribution in [0.5, 0.6) is 0 Å². The van der Waals surface area contributed by atoms with Crippen LogP contribution in [0.15, 0.2) is 29.2 Å². The average molecular weight is 263 g/mol. The first-order chi connectivity index (χ1) is 8.72. The Hall–Kier alpha value is -1.40. The van der Waals surface area contributed by atoms with Crippen molar-refractivity contribution in [2.24, 2.45) is 0 Å². The molecule has 0 radical (unpaired) electrons. The molecule has 0 saturated heterocycles. The lowest BCUT2D eigenvalue weighted by Gasteiger charge is -2.10. The molecule has 1 N–H and O–H groups in total. The summed E-state index contributed by atoms with van der Waals surface area (Å²) >= 11 is 1.69. The molecule has 0 aliphatic heterocycles. The van der Waals surface area contributed by atoms with E-state index < -0.39 is 0 Å². The lowest BCUT2D eigenvalue weighted by Crippen LogP contribution is -2.24. The molecule has 0 saturated carbocycles. The van der Waals surface area contributed by atoms with Gasteiger partial charge >= 0.3 is 0 Å². The van der Waals surface area contributed by atoms with Gasteiger partial charge in [-0.2, -0.15) is 4.68 Å². The van der Waals surface area contributed by atoms with Crippen molar-refractivity contribution >= 4 is 11.8 Å². The Balaban J connectivity index is 2.30. The van der Waals surface area contributed by atoms with Crippen LogP contribution in [0.2, 0.25) is 0 Å². The Bertz CT molecular complexity index is 509. The summed E-state index contributed by atoms with van der Waals surface area (Å²) < 4.78 is 1.79. The molecule has 1 aromatic carbocycles. The standard InChI is InChI=1S/C12H17N5S/c1-9(2)13-8-12-14-15-16-17(12)10-6-4-5-7-11(10)18-3/h4-7,9,13H,8H2,1-3H3. The van der Waals surface area contributed by atoms with E-state index in [1.807, 2.05) is 18.2 Å². The second-order valence-corrected chi connectivity index (χ2v) is 5.06. The maximum Gasteiger partial charge on any atom is 0.170 e. The third-order valence-electron chi connectivity index (χ3n) is 2.52. The van der Waals surface area contributed by atoms with Gasteiger partial charge in [0.25, 0.3) is 0 Å². The lowest BCUT2D eigenvalue weighted by molar-refractivity contribution is 0.562. The molecule has 0 fully saturated rings. The molecule has 0 aliphatic carbocycles. The third-order valence-corrected chi connectivity index (χ3v) is 3.30. The molecule has 18 heavy (non-hydrogen) atoms. The van der Waals surface area contributed by atoms with Gasteiger partial charge in [-0.3, -0.25) is 0 Å². The topological polar surface area (TPSA) is 55.6 Å². The molecule has 5 nitrogen and oxygen atoms in total. The number of hydrogen-bond donors (Lipinski definition) is 1. The van der Waals surface area contributed by atoms with Crippen LogP contribution in [-0.2, 0) is 6.54 Å². The quantitative estimate of drug-likeness (QED) is 0.835. The van der Waals surface area contributed by atoms with Crippen molar-refractivity contribution in [1.29, 1.82) is 0 Å². The second-order valence-electron chi connectivity index (χ2n) is 4.21. The summed E-state index contributed by atoms with van der Waals surface area (Å²) in [5, 5.41) is 15.2. The van der Waals surface area contributed by atoms with Crippen LogP contribution in [0.25, 0.3) is 5.69 Å². The Morgan fingerprint density at radius 2 is 2.11 bits per heavy atom. The van der Waals surface area contributed by atoms with Crippen molar-refractivity contribution in [3.8, 4) is 5.69 Å². The van der Waals surface area contributed by atoms with Crippen molar-refractivity contribution in [1.82, 2.24) is 25.5 Å². The number of para-hydroxylation sites is 1. The molecule has 6 heteroatoms. The molecule has 2 aromatic rings. The molecule has 0 unspecified atom stereocenters. The van der Waals surface area contributed by atoms with Crippen molar-refractivity contribution in [2.75, 3.05) is 6.26 Å². The van der Waals surface area contributed by atoms with Crippen LogP contribution in [0.1, 0.15) is 19.7 Å². The molecule has 1 aromatic heterocycles. The Kier molecular flexibility index (Phi) is 4.33. The van der Waals surface area contributed by atoms with Crippen LogP contribution in [0, 0.1) is 0 Å². The molecule has 2 rings (SSSR count). The highest BCUT2D eigenvalue weighted by molar-refractivity contribution is 7.98. The highest BCUT2D eigenvalue weighted by Gasteiger charge is 2.11. The van der Waals surface area contributed by atoms with E-state index >= 15 is 0 Å². The largest absolute Gasteiger partial charge is 0.308 e. The molecule has 0 spiro atoms. The van der Waals surface area contributed by atoms with Crippen molar-refractivity contribution < 1.29 is 0 Å². The van der Waals surface area contributed by atoms with Crippen LogP contribution < -0.4 is 5.32 Å². The fourth-order valence-corrected chi connectivity index (χ4v) is 2.18. The first-order valence-corrected chi connectivity index (χ1v) is 7.09. The molecular formula is C12H17N5S. The van der Waals surface area contributed by atoms with Crippen LogP contribution in [-0.4, -0.2) is 32.5 Å². The van der Waals surface area contributed by atoms with Crippen molar-refractivity contribution in [3.05, 3.63) is 30.1 Å². The summed E-state index contributed by atoms with van der Waals surface area (Å²) in [6.45, 7) is 4.86. The van der Waals surface area contributed by atoms with Gasteiger partial charge in [-0.1, -0.05) is 26.0 Å². The van der Waals surface area contributed by atoms with Crippen LogP contribution >= 0.6 is 11.8 Å². The van der Waals surface area contributed by atoms with Gasteiger partial charge in [0.1, 0.15) is 0 Å². The Morgan fingerprint density at radius 3 is 2.83 bits per heavy atom. The van der Waals surface area contributed by atoms with Gasteiger partial charge in [0.2, 0.25) is 0 Å². The highest BCUT2D eigenvalue weighted by atomic mass is 32.2. The Labute approximate surface area is 111 Å². The minimum Gasteiger partial charge on any atom is -0.308 e. The highest BCUT2D eigenvalue weighted by Crippen LogP contribution is 2.23. The zero-order valence-corrected chi connectivity index (χ0v) is 11.6. The number of tetrazole rings is 1. The van der Waals surface area contributed by atoms with E-state index in [0.717, 1.165) is 16.4 Å². The predicted molar refractivity (Wildman–Crippen MR) is 72.9 cm³/mol. The van der Waals surface area contributed by atoms with Gasteiger partial charge in [0, 0.05) is 10.9 Å². The monoisotopic (exact) mass is 263 g/mol. The predicted octanol–water partition coefficient (Wildman–Crippen LogP) is 1.88. The fourth-order valence-electron chi connectivity index (χ4n) is 1.60. The average Bonchev–Trinajstić information content (AvgIpc) is 2.84. The minimum atomic E-state index is 0.408. The maximum absolute atomic E-state index is 4.08. The van der Waals surface area contributed by atoms with Gasteiger partial charge in [-0.25, -0.2) is 0 Å². The Morgan fingerprint density at radius 1 is 1.33 bits per heavy atom. The number of nitrogens with one attached hydrogen (secondary N) is 1. The summed E-state index contributed by atoms with van der Waals surface area (Å²) in [6, 6.07) is 8.52. The normalized spacial score (nSPS) is 11.1. The number of nitrogens with zero attached hydrogens (tertiary/aromatic N) is 4. The van der Waals surface area contributed by atoms with Crippen molar-refractivity contribution in [3.63, 3.8) is 0 Å². The summed E-state index contributed by atoms with van der Waals surface area (Å²) in [6.07, 6.45) is 2.05. The molecular weight excluding hydrogens is 246 g/mol. The zero-order chi connectivity index (χ0) is 13.0. The van der Waals surface area contributed by atoms with Crippen LogP contribution in [0.3, 0.4) is 0 Å². The molecule has 0 atom stereocenters. The number of thioether (sulfide) groups is 1. The third kappa shape index (κ3) is 2.88. The van der Waals surface area contributed by atoms with Gasteiger partial charge in [-0.15, -0.1) is 16.9 Å². The van der Waals surface area contributed by atoms with Crippen LogP contribution in [0.4, 0.5) is 0 Å². The van der Waals surface area contributed by atoms with Crippen molar-refractivity contribution in [2.45, 2.75) is 31.3 Å². The first-order valence-electron chi connectivity index (χ1n) is 5.86. The molecule has 1 heterocycles. The second kappa shape index (κ2) is 5.97.